The molecule has 1 aromatic rings. The van der Waals surface area contributed by atoms with Gasteiger partial charge in [-0.25, -0.2) is 4.98 Å². The fourth-order valence-electron chi connectivity index (χ4n) is 2.10. The van der Waals surface area contributed by atoms with Gasteiger partial charge in [0.05, 0.1) is 0 Å². The van der Waals surface area contributed by atoms with Crippen molar-refractivity contribution in [3.05, 3.63) is 10.5 Å². The molecule has 1 atom stereocenters. The highest BCUT2D eigenvalue weighted by atomic mass is 35.5. The molecule has 3 nitrogen and oxygen atoms in total. The molecule has 2 heterocycles. The molecule has 90 valence electrons. The highest BCUT2D eigenvalue weighted by Gasteiger charge is 2.19. The van der Waals surface area contributed by atoms with Crippen LogP contribution < -0.4 is 10.2 Å². The smallest absolute Gasteiger partial charge is 0.186 e. The van der Waals surface area contributed by atoms with Crippen molar-refractivity contribution in [1.29, 1.82) is 0 Å². The summed E-state index contributed by atoms with van der Waals surface area (Å²) in [6.07, 6.45) is 3.71. The second-order valence-corrected chi connectivity index (χ2v) is 5.42. The minimum atomic E-state index is 0.612. The number of hydrogen-bond acceptors (Lipinski definition) is 4. The number of rotatable bonds is 5. The molecule has 16 heavy (non-hydrogen) atoms. The van der Waals surface area contributed by atoms with Crippen molar-refractivity contribution in [3.63, 3.8) is 0 Å². The van der Waals surface area contributed by atoms with Gasteiger partial charge in [0.2, 0.25) is 0 Å². The van der Waals surface area contributed by atoms with Crippen molar-refractivity contribution in [2.75, 3.05) is 24.5 Å². The normalized spacial score (nSPS) is 20.2. The van der Waals surface area contributed by atoms with E-state index in [1.54, 1.807) is 11.3 Å². The molecule has 0 aromatic carbocycles. The van der Waals surface area contributed by atoms with Crippen molar-refractivity contribution in [2.24, 2.45) is 0 Å². The first kappa shape index (κ1) is 12.1. The SMILES string of the molecule is CCCN(CC1CCCN1)c1nc(Cl)cs1. The molecule has 0 amide bonds. The summed E-state index contributed by atoms with van der Waals surface area (Å²) in [6.45, 7) is 5.47. The molecule has 0 bridgehead atoms. The molecule has 0 saturated carbocycles. The molecule has 0 aliphatic carbocycles. The average Bonchev–Trinajstić information content (AvgIpc) is 2.88. The van der Waals surface area contributed by atoms with Crippen LogP contribution in [0.4, 0.5) is 5.13 Å². The zero-order valence-electron chi connectivity index (χ0n) is 9.58. The third-order valence-electron chi connectivity index (χ3n) is 2.83. The molecule has 1 aromatic heterocycles. The number of nitrogens with zero attached hydrogens (tertiary/aromatic N) is 2. The van der Waals surface area contributed by atoms with Crippen molar-refractivity contribution in [1.82, 2.24) is 10.3 Å². The van der Waals surface area contributed by atoms with Crippen LogP contribution in [0.1, 0.15) is 26.2 Å². The summed E-state index contributed by atoms with van der Waals surface area (Å²) in [7, 11) is 0. The second kappa shape index (κ2) is 5.84. The van der Waals surface area contributed by atoms with Crippen molar-refractivity contribution >= 4 is 28.1 Å². The summed E-state index contributed by atoms with van der Waals surface area (Å²) in [5, 5.41) is 7.10. The Morgan fingerprint density at radius 2 is 2.56 bits per heavy atom. The van der Waals surface area contributed by atoms with Crippen LogP contribution in [-0.2, 0) is 0 Å². The maximum absolute atomic E-state index is 5.88. The Morgan fingerprint density at radius 3 is 3.12 bits per heavy atom. The van der Waals surface area contributed by atoms with E-state index in [-0.39, 0.29) is 0 Å². The molecule has 1 aliphatic heterocycles. The van der Waals surface area contributed by atoms with Gasteiger partial charge < -0.3 is 10.2 Å². The molecule has 1 unspecified atom stereocenters. The van der Waals surface area contributed by atoms with Gasteiger partial charge in [0.15, 0.2) is 5.13 Å². The molecular weight excluding hydrogens is 242 g/mol. The van der Waals surface area contributed by atoms with Crippen LogP contribution in [0.2, 0.25) is 5.15 Å². The van der Waals surface area contributed by atoms with E-state index >= 15 is 0 Å². The van der Waals surface area contributed by atoms with Crippen LogP contribution in [-0.4, -0.2) is 30.7 Å². The molecule has 1 N–H and O–H groups in total. The quantitative estimate of drug-likeness (QED) is 0.881. The lowest BCUT2D eigenvalue weighted by Gasteiger charge is -2.24. The monoisotopic (exact) mass is 259 g/mol. The van der Waals surface area contributed by atoms with Gasteiger partial charge in [0.25, 0.3) is 0 Å². The third-order valence-corrected chi connectivity index (χ3v) is 4.06. The summed E-state index contributed by atoms with van der Waals surface area (Å²) in [6, 6.07) is 0.620. The molecule has 2 rings (SSSR count). The van der Waals surface area contributed by atoms with Crippen molar-refractivity contribution < 1.29 is 0 Å². The van der Waals surface area contributed by atoms with Gasteiger partial charge in [0, 0.05) is 24.5 Å². The molecule has 5 heteroatoms. The fourth-order valence-corrected chi connectivity index (χ4v) is 3.09. The lowest BCUT2D eigenvalue weighted by Crippen LogP contribution is -2.38. The summed E-state index contributed by atoms with van der Waals surface area (Å²) in [5.74, 6) is 0. The molecule has 1 saturated heterocycles. The molecule has 1 aliphatic rings. The minimum absolute atomic E-state index is 0.612. The zero-order chi connectivity index (χ0) is 11.4. The van der Waals surface area contributed by atoms with Crippen LogP contribution in [0.3, 0.4) is 0 Å². The molecule has 1 fully saturated rings. The Balaban J connectivity index is 1.98. The number of halogens is 1. The summed E-state index contributed by atoms with van der Waals surface area (Å²) in [4.78, 5) is 6.70. The van der Waals surface area contributed by atoms with Gasteiger partial charge >= 0.3 is 0 Å². The van der Waals surface area contributed by atoms with E-state index in [1.165, 1.54) is 12.8 Å². The number of thiazole rings is 1. The highest BCUT2D eigenvalue weighted by molar-refractivity contribution is 7.14. The van der Waals surface area contributed by atoms with E-state index in [0.717, 1.165) is 31.2 Å². The fraction of sp³-hybridized carbons (Fsp3) is 0.727. The summed E-state index contributed by atoms with van der Waals surface area (Å²) < 4.78 is 0. The maximum atomic E-state index is 5.88. The zero-order valence-corrected chi connectivity index (χ0v) is 11.2. The van der Waals surface area contributed by atoms with Crippen molar-refractivity contribution in [2.45, 2.75) is 32.2 Å². The number of nitrogens with one attached hydrogen (secondary N) is 1. The lowest BCUT2D eigenvalue weighted by atomic mass is 10.2. The van der Waals surface area contributed by atoms with Crippen LogP contribution in [0.5, 0.6) is 0 Å². The Bertz CT molecular complexity index is 323. The summed E-state index contributed by atoms with van der Waals surface area (Å²) in [5.41, 5.74) is 0. The first-order valence-corrected chi connectivity index (χ1v) is 7.14. The first-order valence-electron chi connectivity index (χ1n) is 5.89. The van der Waals surface area contributed by atoms with Gasteiger partial charge in [-0.3, -0.25) is 0 Å². The van der Waals surface area contributed by atoms with E-state index in [4.69, 9.17) is 11.6 Å². The topological polar surface area (TPSA) is 28.2 Å². The number of anilines is 1. The van der Waals surface area contributed by atoms with Crippen LogP contribution in [0.15, 0.2) is 5.38 Å². The summed E-state index contributed by atoms with van der Waals surface area (Å²) >= 11 is 7.51. The Kier molecular flexibility index (Phi) is 4.44. The van der Waals surface area contributed by atoms with Crippen LogP contribution in [0.25, 0.3) is 0 Å². The van der Waals surface area contributed by atoms with Gasteiger partial charge in [-0.05, 0) is 25.8 Å². The molecule has 0 spiro atoms. The Labute approximate surface area is 106 Å². The predicted molar refractivity (Wildman–Crippen MR) is 70.7 cm³/mol. The largest absolute Gasteiger partial charge is 0.347 e. The number of aromatic nitrogens is 1. The van der Waals surface area contributed by atoms with E-state index < -0.39 is 0 Å². The first-order chi connectivity index (χ1) is 7.79. The van der Waals surface area contributed by atoms with E-state index in [0.29, 0.717) is 11.2 Å². The van der Waals surface area contributed by atoms with Gasteiger partial charge in [0.1, 0.15) is 5.15 Å². The predicted octanol–water partition coefficient (Wildman–Crippen LogP) is 2.76. The van der Waals surface area contributed by atoms with Gasteiger partial charge in [-0.2, -0.15) is 0 Å². The highest BCUT2D eigenvalue weighted by Crippen LogP contribution is 2.24. The second-order valence-electron chi connectivity index (χ2n) is 4.19. The Morgan fingerprint density at radius 1 is 1.69 bits per heavy atom. The minimum Gasteiger partial charge on any atom is -0.347 e. The van der Waals surface area contributed by atoms with Crippen LogP contribution >= 0.6 is 22.9 Å². The maximum Gasteiger partial charge on any atom is 0.186 e. The van der Waals surface area contributed by atoms with E-state index in [2.05, 4.69) is 22.1 Å². The van der Waals surface area contributed by atoms with Crippen molar-refractivity contribution in [3.8, 4) is 0 Å². The van der Waals surface area contributed by atoms with Gasteiger partial charge in [-0.15, -0.1) is 11.3 Å². The Hall–Kier alpha value is -0.320. The van der Waals surface area contributed by atoms with Gasteiger partial charge in [-0.1, -0.05) is 18.5 Å². The third kappa shape index (κ3) is 3.09. The lowest BCUT2D eigenvalue weighted by molar-refractivity contribution is 0.578. The molecular formula is C11H18ClN3S. The molecule has 0 radical (unpaired) electrons. The van der Waals surface area contributed by atoms with E-state index in [1.807, 2.05) is 5.38 Å². The van der Waals surface area contributed by atoms with Crippen LogP contribution in [0, 0.1) is 0 Å². The average molecular weight is 260 g/mol. The number of hydrogen-bond donors (Lipinski definition) is 1. The van der Waals surface area contributed by atoms with E-state index in [9.17, 15) is 0 Å². The standard InChI is InChI=1S/C11H18ClN3S/c1-2-6-15(7-9-4-3-5-13-9)11-14-10(12)8-16-11/h8-9,13H,2-7H2,1H3.